The summed E-state index contributed by atoms with van der Waals surface area (Å²) in [5, 5.41) is 72.0. The van der Waals surface area contributed by atoms with E-state index in [-0.39, 0.29) is 26.1 Å². The van der Waals surface area contributed by atoms with E-state index in [0.717, 1.165) is 77.0 Å². The van der Waals surface area contributed by atoms with Gasteiger partial charge in [0.05, 0.1) is 19.8 Å². The van der Waals surface area contributed by atoms with E-state index in [4.69, 9.17) is 28.4 Å². The van der Waals surface area contributed by atoms with Crippen molar-refractivity contribution >= 4 is 11.9 Å². The van der Waals surface area contributed by atoms with Crippen LogP contribution in [-0.4, -0.2) is 142 Å². The molecule has 15 heteroatoms. The van der Waals surface area contributed by atoms with Gasteiger partial charge in [0.1, 0.15) is 55.4 Å². The van der Waals surface area contributed by atoms with Gasteiger partial charge in [0.2, 0.25) is 0 Å². The Balaban J connectivity index is 1.82. The Morgan fingerprint density at radius 2 is 0.909 bits per heavy atom. The zero-order valence-corrected chi connectivity index (χ0v) is 40.4. The summed E-state index contributed by atoms with van der Waals surface area (Å²) < 4.78 is 33.5. The lowest BCUT2D eigenvalue weighted by Crippen LogP contribution is -2.61. The van der Waals surface area contributed by atoms with Crippen LogP contribution in [0.2, 0.25) is 0 Å². The average molecular weight is 943 g/mol. The Bertz CT molecular complexity index is 1290. The van der Waals surface area contributed by atoms with Crippen LogP contribution in [0.5, 0.6) is 0 Å². The zero-order chi connectivity index (χ0) is 48.2. The summed E-state index contributed by atoms with van der Waals surface area (Å²) in [6.45, 7) is 2.53. The van der Waals surface area contributed by atoms with E-state index in [0.29, 0.717) is 12.8 Å². The summed E-state index contributed by atoms with van der Waals surface area (Å²) in [6.07, 6.45) is 23.1. The highest BCUT2D eigenvalue weighted by Crippen LogP contribution is 2.26. The van der Waals surface area contributed by atoms with Crippen molar-refractivity contribution in [2.24, 2.45) is 0 Å². The Labute approximate surface area is 395 Å². The first-order chi connectivity index (χ1) is 32.0. The highest BCUT2D eigenvalue weighted by atomic mass is 16.7. The third-order valence-electron chi connectivity index (χ3n) is 12.1. The Kier molecular flexibility index (Phi) is 35.0. The average Bonchev–Trinajstić information content (AvgIpc) is 3.31. The van der Waals surface area contributed by atoms with Crippen LogP contribution in [0.3, 0.4) is 0 Å². The fourth-order valence-electron chi connectivity index (χ4n) is 7.83. The van der Waals surface area contributed by atoms with Crippen LogP contribution in [0.4, 0.5) is 0 Å². The van der Waals surface area contributed by atoms with Crippen LogP contribution in [0.15, 0.2) is 36.5 Å². The number of hydrogen-bond acceptors (Lipinski definition) is 15. The highest BCUT2D eigenvalue weighted by molar-refractivity contribution is 5.70. The molecule has 2 aliphatic rings. The lowest BCUT2D eigenvalue weighted by molar-refractivity contribution is -0.332. The largest absolute Gasteiger partial charge is 0.462 e. The zero-order valence-electron chi connectivity index (χ0n) is 40.4. The molecule has 0 aromatic carbocycles. The van der Waals surface area contributed by atoms with Gasteiger partial charge >= 0.3 is 11.9 Å². The highest BCUT2D eigenvalue weighted by Gasteiger charge is 2.47. The van der Waals surface area contributed by atoms with Gasteiger partial charge in [0.15, 0.2) is 18.7 Å². The van der Waals surface area contributed by atoms with E-state index in [9.17, 15) is 45.3 Å². The normalized spacial score (nSPS) is 26.4. The minimum Gasteiger partial charge on any atom is -0.462 e. The second-order valence-electron chi connectivity index (χ2n) is 18.0. The maximum absolute atomic E-state index is 13.0. The first kappa shape index (κ1) is 59.8. The molecule has 384 valence electrons. The number of carbonyl (C=O) groups excluding carboxylic acids is 2. The van der Waals surface area contributed by atoms with Crippen molar-refractivity contribution in [1.29, 1.82) is 0 Å². The van der Waals surface area contributed by atoms with Crippen molar-refractivity contribution in [2.45, 2.75) is 248 Å². The summed E-state index contributed by atoms with van der Waals surface area (Å²) in [5.74, 6) is -0.945. The van der Waals surface area contributed by atoms with Gasteiger partial charge in [-0.25, -0.2) is 0 Å². The molecule has 66 heavy (non-hydrogen) atoms. The van der Waals surface area contributed by atoms with E-state index in [2.05, 4.69) is 50.3 Å². The lowest BCUT2D eigenvalue weighted by Gasteiger charge is -2.42. The number of ether oxygens (including phenoxy) is 6. The van der Waals surface area contributed by atoms with E-state index in [1.165, 1.54) is 64.2 Å². The predicted octanol–water partition coefficient (Wildman–Crippen LogP) is 6.93. The van der Waals surface area contributed by atoms with Crippen LogP contribution in [0.25, 0.3) is 0 Å². The van der Waals surface area contributed by atoms with Crippen molar-refractivity contribution in [3.8, 4) is 0 Å². The molecule has 2 saturated heterocycles. The monoisotopic (exact) mass is 943 g/mol. The minimum atomic E-state index is -1.77. The second kappa shape index (κ2) is 38.6. The van der Waals surface area contributed by atoms with Gasteiger partial charge in [-0.3, -0.25) is 9.59 Å². The number of aliphatic hydroxyl groups excluding tert-OH is 7. The molecule has 2 aliphatic heterocycles. The van der Waals surface area contributed by atoms with Gasteiger partial charge in [0.25, 0.3) is 0 Å². The molecule has 7 N–H and O–H groups in total. The van der Waals surface area contributed by atoms with Crippen molar-refractivity contribution in [3.63, 3.8) is 0 Å². The van der Waals surface area contributed by atoms with E-state index >= 15 is 0 Å². The number of esters is 2. The van der Waals surface area contributed by atoms with Gasteiger partial charge < -0.3 is 64.2 Å². The van der Waals surface area contributed by atoms with Crippen molar-refractivity contribution in [1.82, 2.24) is 0 Å². The van der Waals surface area contributed by atoms with Gasteiger partial charge in [-0.15, -0.1) is 0 Å². The van der Waals surface area contributed by atoms with Crippen molar-refractivity contribution < 1.29 is 73.8 Å². The van der Waals surface area contributed by atoms with Gasteiger partial charge in [-0.1, -0.05) is 134 Å². The van der Waals surface area contributed by atoms with Crippen LogP contribution < -0.4 is 0 Å². The number of allylic oxidation sites excluding steroid dienone is 6. The fourth-order valence-corrected chi connectivity index (χ4v) is 7.83. The predicted molar refractivity (Wildman–Crippen MR) is 252 cm³/mol. The fraction of sp³-hybridized carbons (Fsp3) is 0.843. The Hall–Kier alpha value is -2.28. The standard InChI is InChI=1S/C51H90O15/c1-3-5-7-9-11-13-15-17-19-21-23-25-27-29-31-33-42(53)61-36-39(64-43(54)34-32-30-28-26-24-22-20-18-16-14-12-10-8-6-4-2)37-62-50-49(60)47(58)45(56)41(66-50)38-63-51-48(59)46(57)44(55)40(35-52)65-51/h11,13-14,16-17,19,39-41,44-52,55-60H,3-10,12,15,18,20-38H2,1-2H3/b13-11+,16-14+,19-17+/t39-,40-,41-,44+,45+,46?,47?,48?,49?,50-,51-/m1/s1. The third-order valence-corrected chi connectivity index (χ3v) is 12.1. The Morgan fingerprint density at radius 3 is 1.45 bits per heavy atom. The molecular formula is C51H90O15. The van der Waals surface area contributed by atoms with Crippen LogP contribution in [0.1, 0.15) is 181 Å². The molecule has 0 aliphatic carbocycles. The van der Waals surface area contributed by atoms with Gasteiger partial charge in [0, 0.05) is 12.8 Å². The van der Waals surface area contributed by atoms with Crippen LogP contribution in [0, 0.1) is 0 Å². The molecular weight excluding hydrogens is 853 g/mol. The molecule has 2 heterocycles. The smallest absolute Gasteiger partial charge is 0.306 e. The molecule has 0 bridgehead atoms. The molecule has 2 rings (SSSR count). The van der Waals surface area contributed by atoms with Crippen molar-refractivity contribution in [2.75, 3.05) is 26.4 Å². The molecule has 0 aromatic rings. The number of carbonyl (C=O) groups is 2. The first-order valence-corrected chi connectivity index (χ1v) is 25.6. The third kappa shape index (κ3) is 26.5. The van der Waals surface area contributed by atoms with Crippen LogP contribution >= 0.6 is 0 Å². The van der Waals surface area contributed by atoms with Gasteiger partial charge in [-0.2, -0.15) is 0 Å². The maximum atomic E-state index is 13.0. The summed E-state index contributed by atoms with van der Waals surface area (Å²) in [5.41, 5.74) is 0. The summed E-state index contributed by atoms with van der Waals surface area (Å²) in [7, 11) is 0. The topological polar surface area (TPSA) is 231 Å². The van der Waals surface area contributed by atoms with E-state index in [1.807, 2.05) is 0 Å². The second-order valence-corrected chi connectivity index (χ2v) is 18.0. The lowest BCUT2D eigenvalue weighted by atomic mass is 9.98. The molecule has 11 atom stereocenters. The van der Waals surface area contributed by atoms with Gasteiger partial charge in [-0.05, 0) is 70.6 Å². The summed E-state index contributed by atoms with van der Waals surface area (Å²) in [6, 6.07) is 0. The summed E-state index contributed by atoms with van der Waals surface area (Å²) in [4.78, 5) is 25.7. The van der Waals surface area contributed by atoms with E-state index < -0.39 is 92.7 Å². The number of hydrogen-bond donors (Lipinski definition) is 7. The molecule has 2 fully saturated rings. The molecule has 0 saturated carbocycles. The molecule has 0 radical (unpaired) electrons. The maximum Gasteiger partial charge on any atom is 0.306 e. The SMILES string of the molecule is CCCCC/C=C/C/C=C/CCCCCCCC(=O)OC[C@H](CO[C@@H]1O[C@H](CO[C@@H]2O[C@H](CO)[C@H](O)C(O)C2O)[C@H](O)C(O)C1O)OC(=O)CCCCCCCCC/C=C/CCCCCC. The Morgan fingerprint density at radius 1 is 0.485 bits per heavy atom. The molecule has 0 spiro atoms. The van der Waals surface area contributed by atoms with E-state index in [1.54, 1.807) is 0 Å². The number of aliphatic hydroxyl groups is 7. The first-order valence-electron chi connectivity index (χ1n) is 25.6. The molecule has 0 amide bonds. The van der Waals surface area contributed by atoms with Crippen molar-refractivity contribution in [3.05, 3.63) is 36.5 Å². The van der Waals surface area contributed by atoms with Crippen LogP contribution in [-0.2, 0) is 38.0 Å². The minimum absolute atomic E-state index is 0.157. The number of rotatable bonds is 39. The molecule has 0 aromatic heterocycles. The number of unbranched alkanes of at least 4 members (excludes halogenated alkanes) is 19. The quantitative estimate of drug-likeness (QED) is 0.0188. The molecule has 4 unspecified atom stereocenters. The molecule has 15 nitrogen and oxygen atoms in total. The summed E-state index contributed by atoms with van der Waals surface area (Å²) >= 11 is 0.